The Morgan fingerprint density at radius 3 is 2.96 bits per heavy atom. The molecular formula is C19H25N3O2S. The topological polar surface area (TPSA) is 37.8 Å². The van der Waals surface area contributed by atoms with Crippen LogP contribution in [0.2, 0.25) is 0 Å². The van der Waals surface area contributed by atoms with E-state index in [0.29, 0.717) is 6.61 Å². The highest BCUT2D eigenvalue weighted by molar-refractivity contribution is 7.11. The number of thiophene rings is 1. The van der Waals surface area contributed by atoms with Crippen molar-refractivity contribution in [2.75, 3.05) is 50.9 Å². The molecular weight excluding hydrogens is 334 g/mol. The minimum Gasteiger partial charge on any atom is -0.376 e. The third-order valence-electron chi connectivity index (χ3n) is 4.86. The van der Waals surface area contributed by atoms with Crippen LogP contribution in [0, 0.1) is 6.92 Å². The van der Waals surface area contributed by atoms with Gasteiger partial charge in [-0.1, -0.05) is 0 Å². The number of pyridine rings is 1. The first-order valence-electron chi connectivity index (χ1n) is 8.87. The summed E-state index contributed by atoms with van der Waals surface area (Å²) in [5.41, 5.74) is 0.874. The average Bonchev–Trinajstić information content (AvgIpc) is 2.92. The van der Waals surface area contributed by atoms with Gasteiger partial charge in [-0.3, -0.25) is 9.88 Å². The predicted octanol–water partition coefficient (Wildman–Crippen LogP) is 2.56. The Morgan fingerprint density at radius 2 is 2.16 bits per heavy atom. The molecule has 1 atom stereocenters. The fraction of sp³-hybridized carbons (Fsp3) is 0.526. The van der Waals surface area contributed by atoms with Crippen LogP contribution in [-0.2, 0) is 16.0 Å². The van der Waals surface area contributed by atoms with Crippen molar-refractivity contribution in [3.05, 3.63) is 46.4 Å². The number of nitrogens with zero attached hydrogens (tertiary/aromatic N) is 3. The normalized spacial score (nSPS) is 25.2. The molecule has 0 saturated carbocycles. The van der Waals surface area contributed by atoms with Gasteiger partial charge < -0.3 is 14.4 Å². The number of aromatic nitrogens is 1. The summed E-state index contributed by atoms with van der Waals surface area (Å²) in [6.45, 7) is 8.91. The molecule has 0 amide bonds. The van der Waals surface area contributed by atoms with Crippen LogP contribution in [0.15, 0.2) is 36.7 Å². The SMILES string of the molecule is Cc1ccc(CN2CCOC3(COCCN(c4cccnc4)C3)C2)s1. The van der Waals surface area contributed by atoms with Crippen LogP contribution >= 0.6 is 11.3 Å². The van der Waals surface area contributed by atoms with Crippen molar-refractivity contribution in [3.63, 3.8) is 0 Å². The first-order chi connectivity index (χ1) is 12.2. The Balaban J connectivity index is 1.48. The molecule has 0 aromatic carbocycles. The summed E-state index contributed by atoms with van der Waals surface area (Å²) in [6.07, 6.45) is 3.74. The van der Waals surface area contributed by atoms with E-state index >= 15 is 0 Å². The minimum atomic E-state index is -0.267. The van der Waals surface area contributed by atoms with Crippen LogP contribution < -0.4 is 4.90 Å². The lowest BCUT2D eigenvalue weighted by Crippen LogP contribution is -2.58. The van der Waals surface area contributed by atoms with Gasteiger partial charge in [0.1, 0.15) is 5.60 Å². The average molecular weight is 359 g/mol. The van der Waals surface area contributed by atoms with Crippen LogP contribution in [0.5, 0.6) is 0 Å². The molecule has 1 unspecified atom stereocenters. The molecule has 2 aromatic heterocycles. The van der Waals surface area contributed by atoms with Crippen molar-refractivity contribution < 1.29 is 9.47 Å². The largest absolute Gasteiger partial charge is 0.376 e. The fourth-order valence-corrected chi connectivity index (χ4v) is 4.63. The summed E-state index contributed by atoms with van der Waals surface area (Å²) in [4.78, 5) is 11.9. The van der Waals surface area contributed by atoms with Crippen molar-refractivity contribution in [3.8, 4) is 0 Å². The zero-order valence-corrected chi connectivity index (χ0v) is 15.5. The molecule has 2 fully saturated rings. The number of hydrogen-bond donors (Lipinski definition) is 0. The summed E-state index contributed by atoms with van der Waals surface area (Å²) in [5.74, 6) is 0. The van der Waals surface area contributed by atoms with Crippen molar-refractivity contribution in [2.24, 2.45) is 0 Å². The van der Waals surface area contributed by atoms with E-state index in [4.69, 9.17) is 9.47 Å². The van der Waals surface area contributed by atoms with Crippen molar-refractivity contribution in [1.29, 1.82) is 0 Å². The summed E-state index contributed by atoms with van der Waals surface area (Å²) in [5, 5.41) is 0. The van der Waals surface area contributed by atoms with E-state index in [-0.39, 0.29) is 5.60 Å². The summed E-state index contributed by atoms with van der Waals surface area (Å²) in [6, 6.07) is 8.55. The first-order valence-corrected chi connectivity index (χ1v) is 9.68. The zero-order chi connectivity index (χ0) is 17.1. The standard InChI is InChI=1S/C19H25N3O2S/c1-16-4-5-18(25-16)12-21-7-10-24-19(13-21)14-22(8-9-23-15-19)17-3-2-6-20-11-17/h2-6,11H,7-10,12-15H2,1H3. The summed E-state index contributed by atoms with van der Waals surface area (Å²) in [7, 11) is 0. The molecule has 0 bridgehead atoms. The first kappa shape index (κ1) is 17.0. The van der Waals surface area contributed by atoms with E-state index in [9.17, 15) is 0 Å². The van der Waals surface area contributed by atoms with Gasteiger partial charge in [0, 0.05) is 42.1 Å². The molecule has 2 aliphatic rings. The molecule has 2 saturated heterocycles. The number of morpholine rings is 1. The van der Waals surface area contributed by atoms with Gasteiger partial charge in [0.25, 0.3) is 0 Å². The Labute approximate surface area is 153 Å². The maximum Gasteiger partial charge on any atom is 0.121 e. The smallest absolute Gasteiger partial charge is 0.121 e. The zero-order valence-electron chi connectivity index (χ0n) is 14.7. The number of ether oxygens (including phenoxy) is 2. The quantitative estimate of drug-likeness (QED) is 0.842. The Hall–Kier alpha value is -1.47. The maximum atomic E-state index is 6.29. The molecule has 6 heteroatoms. The van der Waals surface area contributed by atoms with Gasteiger partial charge in [0.2, 0.25) is 0 Å². The summed E-state index contributed by atoms with van der Waals surface area (Å²) >= 11 is 1.89. The lowest BCUT2D eigenvalue weighted by molar-refractivity contribution is -0.134. The highest BCUT2D eigenvalue weighted by Crippen LogP contribution is 2.27. The number of aryl methyl sites for hydroxylation is 1. The summed E-state index contributed by atoms with van der Waals surface area (Å²) < 4.78 is 12.2. The second-order valence-electron chi connectivity index (χ2n) is 6.94. The van der Waals surface area contributed by atoms with Crippen molar-refractivity contribution in [2.45, 2.75) is 19.1 Å². The monoisotopic (exact) mass is 359 g/mol. The van der Waals surface area contributed by atoms with Gasteiger partial charge in [0.05, 0.1) is 38.2 Å². The van der Waals surface area contributed by atoms with Gasteiger partial charge in [-0.15, -0.1) is 11.3 Å². The Bertz CT molecular complexity index is 693. The van der Waals surface area contributed by atoms with Crippen LogP contribution in [0.25, 0.3) is 0 Å². The van der Waals surface area contributed by atoms with Gasteiger partial charge in [-0.25, -0.2) is 0 Å². The Morgan fingerprint density at radius 1 is 1.20 bits per heavy atom. The molecule has 134 valence electrons. The van der Waals surface area contributed by atoms with Gasteiger partial charge >= 0.3 is 0 Å². The molecule has 25 heavy (non-hydrogen) atoms. The lowest BCUT2D eigenvalue weighted by atomic mass is 10.0. The van der Waals surface area contributed by atoms with Gasteiger partial charge in [0.15, 0.2) is 0 Å². The molecule has 2 aliphatic heterocycles. The maximum absolute atomic E-state index is 6.29. The van der Waals surface area contributed by atoms with Crippen LogP contribution in [0.3, 0.4) is 0 Å². The van der Waals surface area contributed by atoms with Crippen LogP contribution in [-0.4, -0.2) is 61.5 Å². The second kappa shape index (κ2) is 7.41. The number of rotatable bonds is 3. The van der Waals surface area contributed by atoms with Crippen molar-refractivity contribution in [1.82, 2.24) is 9.88 Å². The second-order valence-corrected chi connectivity index (χ2v) is 8.31. The van der Waals surface area contributed by atoms with E-state index in [1.807, 2.05) is 29.8 Å². The molecule has 0 N–H and O–H groups in total. The van der Waals surface area contributed by atoms with E-state index in [2.05, 4.69) is 39.9 Å². The van der Waals surface area contributed by atoms with E-state index in [0.717, 1.165) is 51.6 Å². The highest BCUT2D eigenvalue weighted by Gasteiger charge is 2.40. The molecule has 2 aromatic rings. The number of hydrogen-bond acceptors (Lipinski definition) is 6. The number of anilines is 1. The van der Waals surface area contributed by atoms with Gasteiger partial charge in [-0.05, 0) is 31.2 Å². The third kappa shape index (κ3) is 4.03. The molecule has 0 aliphatic carbocycles. The third-order valence-corrected chi connectivity index (χ3v) is 5.85. The lowest BCUT2D eigenvalue weighted by Gasteiger charge is -2.43. The Kier molecular flexibility index (Phi) is 5.03. The van der Waals surface area contributed by atoms with E-state index in [1.165, 1.54) is 9.75 Å². The minimum absolute atomic E-state index is 0.267. The van der Waals surface area contributed by atoms with Crippen LogP contribution in [0.1, 0.15) is 9.75 Å². The van der Waals surface area contributed by atoms with Gasteiger partial charge in [-0.2, -0.15) is 0 Å². The predicted molar refractivity (Wildman–Crippen MR) is 100 cm³/mol. The molecule has 1 spiro atoms. The van der Waals surface area contributed by atoms with E-state index < -0.39 is 0 Å². The van der Waals surface area contributed by atoms with Crippen LogP contribution in [0.4, 0.5) is 5.69 Å². The van der Waals surface area contributed by atoms with Crippen molar-refractivity contribution >= 4 is 17.0 Å². The molecule has 5 nitrogen and oxygen atoms in total. The molecule has 0 radical (unpaired) electrons. The van der Waals surface area contributed by atoms with E-state index in [1.54, 1.807) is 0 Å². The highest BCUT2D eigenvalue weighted by atomic mass is 32.1. The molecule has 4 heterocycles. The fourth-order valence-electron chi connectivity index (χ4n) is 3.70. The molecule has 4 rings (SSSR count).